The Hall–Kier alpha value is -2.66. The number of hydrogen-bond donors (Lipinski definition) is 19. The number of likely N-dealkylation sites (N-methyl/N-ethyl adjacent to an activating group) is 1. The Morgan fingerprint density at radius 1 is 0.800 bits per heavy atom. The van der Waals surface area contributed by atoms with Gasteiger partial charge in [0, 0.05) is 0 Å². The van der Waals surface area contributed by atoms with Gasteiger partial charge in [-0.05, 0) is 14.0 Å². The van der Waals surface area contributed by atoms with Crippen molar-refractivity contribution in [3.63, 3.8) is 0 Å². The van der Waals surface area contributed by atoms with Crippen LogP contribution < -0.4 is 27.8 Å². The summed E-state index contributed by atoms with van der Waals surface area (Å²) in [5.41, 5.74) is 13.9. The van der Waals surface area contributed by atoms with Crippen molar-refractivity contribution in [2.24, 2.45) is 22.2 Å². The molecule has 0 aromatic rings. The van der Waals surface area contributed by atoms with Gasteiger partial charge in [-0.15, -0.1) is 0 Å². The second kappa shape index (κ2) is 21.2. The predicted molar refractivity (Wildman–Crippen MR) is 175 cm³/mol. The Kier molecular flexibility index (Phi) is 20.2. The summed E-state index contributed by atoms with van der Waals surface area (Å²) in [5, 5.41) is 86.4. The summed E-state index contributed by atoms with van der Waals surface area (Å²) in [7, 11) is -12.6. The van der Waals surface area contributed by atoms with Gasteiger partial charge in [-0.2, -0.15) is 25.3 Å². The number of nitrogens with zero attached hydrogens (tertiary/aromatic N) is 1. The fourth-order valence-corrected chi connectivity index (χ4v) is 5.13. The third-order valence-electron chi connectivity index (χ3n) is 7.40. The van der Waals surface area contributed by atoms with Gasteiger partial charge in [-0.1, -0.05) is 0 Å². The summed E-state index contributed by atoms with van der Waals surface area (Å²) in [6, 6.07) is -4.02. The number of nitrogens with one attached hydrogen (secondary N) is 3. The van der Waals surface area contributed by atoms with E-state index < -0.39 is 141 Å². The third-order valence-corrected chi connectivity index (χ3v) is 7.40. The van der Waals surface area contributed by atoms with Crippen molar-refractivity contribution in [3.8, 4) is 0 Å². The molecule has 3 aliphatic rings. The molecule has 22 N–H and O–H groups in total. The maximum Gasteiger partial charge on any atom is 0.394 e. The highest BCUT2D eigenvalue weighted by Gasteiger charge is 2.60. The van der Waals surface area contributed by atoms with E-state index in [1.807, 2.05) is 0 Å². The van der Waals surface area contributed by atoms with E-state index in [9.17, 15) is 40.5 Å². The standard InChI is InChI=1S/C21H39N7O12.3H2O4S/c1-5-21(36,4-30)16(40-17-9(26-2)13(34)10(31)6(3-29)38-17)18(37-5)39-15-8(28-20(24)25)11(32)7(27-19(22)23)12(33)14(15)35;3*1-5(2,3)4/h4-18,26,29,31-36H,3H2,1-2H3,(H4,22,23,27)(H4,24,25,28);3*(H2,1,2,3,4)/t5-,6-,7+,8-,9-,10-,11+,12-,13-,14+,15+,16-,17-,18-,21+;;;/m0.../s1. The van der Waals surface area contributed by atoms with E-state index in [1.54, 1.807) is 0 Å². The molecule has 15 atom stereocenters. The topological polar surface area (TPSA) is 558 Å². The van der Waals surface area contributed by atoms with Crippen molar-refractivity contribution in [3.05, 3.63) is 0 Å². The van der Waals surface area contributed by atoms with Crippen LogP contribution in [0.3, 0.4) is 0 Å². The Balaban J connectivity index is 0.00000164. The zero-order valence-electron chi connectivity index (χ0n) is 28.1. The molecule has 0 unspecified atom stereocenters. The Bertz CT molecular complexity index is 1510. The van der Waals surface area contributed by atoms with Gasteiger partial charge in [0.2, 0.25) is 0 Å². The molecule has 1 saturated carbocycles. The highest BCUT2D eigenvalue weighted by Crippen LogP contribution is 2.38. The van der Waals surface area contributed by atoms with E-state index in [1.165, 1.54) is 14.0 Å². The Labute approximate surface area is 311 Å². The van der Waals surface area contributed by atoms with Crippen molar-refractivity contribution in [1.82, 2.24) is 10.6 Å². The summed E-state index contributed by atoms with van der Waals surface area (Å²) in [5.74, 6) is -1.16. The van der Waals surface area contributed by atoms with Crippen molar-refractivity contribution in [2.45, 2.75) is 98.2 Å². The highest BCUT2D eigenvalue weighted by molar-refractivity contribution is 7.80. The van der Waals surface area contributed by atoms with Crippen molar-refractivity contribution >= 4 is 49.4 Å². The number of aldehydes is 1. The van der Waals surface area contributed by atoms with Gasteiger partial charge in [0.1, 0.15) is 54.9 Å². The maximum atomic E-state index is 12.1. The number of hydrogen-bond acceptors (Lipinski definition) is 21. The first kappa shape index (κ1) is 52.3. The number of carbonyl (C=O) groups excluding carboxylic acids is 1. The third kappa shape index (κ3) is 17.6. The first-order valence-electron chi connectivity index (χ1n) is 14.5. The lowest BCUT2D eigenvalue weighted by atomic mass is 9.81. The zero-order valence-corrected chi connectivity index (χ0v) is 30.5. The van der Waals surface area contributed by atoms with Crippen LogP contribution in [0.2, 0.25) is 0 Å². The molecular weight excluding hydrogens is 830 g/mol. The molecule has 0 aromatic heterocycles. The maximum absolute atomic E-state index is 12.1. The molecule has 2 heterocycles. The van der Waals surface area contributed by atoms with Crippen LogP contribution in [0.25, 0.3) is 0 Å². The van der Waals surface area contributed by atoms with Crippen LogP contribution in [0.15, 0.2) is 4.99 Å². The molecule has 3 rings (SSSR count). The number of ether oxygens (including phenoxy) is 4. The van der Waals surface area contributed by atoms with E-state index in [4.69, 9.17) is 94.1 Å². The number of aliphatic hydroxyl groups excluding tert-OH is 6. The lowest BCUT2D eigenvalue weighted by Gasteiger charge is -2.46. The smallest absolute Gasteiger partial charge is 0.394 e. The molecule has 0 aromatic carbocycles. The van der Waals surface area contributed by atoms with E-state index in [0.29, 0.717) is 0 Å². The molecule has 0 radical (unpaired) electrons. The molecular formula is C21H45N7O24S3. The minimum absolute atomic E-state index is 0.138. The molecule has 0 amide bonds. The summed E-state index contributed by atoms with van der Waals surface area (Å²) in [6.45, 7) is 0.617. The van der Waals surface area contributed by atoms with Gasteiger partial charge in [0.25, 0.3) is 0 Å². The normalized spacial score (nSPS) is 37.7. The number of rotatable bonds is 9. The molecule has 1 aliphatic carbocycles. The van der Waals surface area contributed by atoms with E-state index in [2.05, 4.69) is 15.6 Å². The second-order valence-corrected chi connectivity index (χ2v) is 14.0. The van der Waals surface area contributed by atoms with Gasteiger partial charge in [0.15, 0.2) is 36.4 Å². The lowest BCUT2D eigenvalue weighted by Crippen LogP contribution is -2.70. The quantitative estimate of drug-likeness (QED) is 0.0442. The van der Waals surface area contributed by atoms with Gasteiger partial charge >= 0.3 is 31.2 Å². The first-order valence-corrected chi connectivity index (χ1v) is 18.7. The minimum Gasteiger partial charge on any atom is -0.394 e. The minimum atomic E-state index is -4.67. The lowest BCUT2D eigenvalue weighted by molar-refractivity contribution is -0.314. The van der Waals surface area contributed by atoms with Crippen LogP contribution >= 0.6 is 0 Å². The average Bonchev–Trinajstić information content (AvgIpc) is 3.23. The molecule has 2 saturated heterocycles. The largest absolute Gasteiger partial charge is 0.394 e. The van der Waals surface area contributed by atoms with Crippen LogP contribution in [0.5, 0.6) is 0 Å². The van der Waals surface area contributed by atoms with Crippen molar-refractivity contribution < 1.29 is 112 Å². The van der Waals surface area contributed by atoms with E-state index in [0.717, 1.165) is 0 Å². The summed E-state index contributed by atoms with van der Waals surface area (Å²) in [6.07, 6.45) is -17.3. The molecule has 55 heavy (non-hydrogen) atoms. The fraction of sp³-hybridized carbons (Fsp3) is 0.857. The van der Waals surface area contributed by atoms with Crippen molar-refractivity contribution in [1.29, 1.82) is 5.41 Å². The molecule has 31 nitrogen and oxygen atoms in total. The molecule has 0 bridgehead atoms. The monoisotopic (exact) mass is 875 g/mol. The average molecular weight is 876 g/mol. The van der Waals surface area contributed by atoms with Gasteiger partial charge in [-0.25, -0.2) is 4.99 Å². The number of aliphatic hydroxyl groups is 7. The van der Waals surface area contributed by atoms with Crippen LogP contribution in [-0.2, 0) is 54.9 Å². The van der Waals surface area contributed by atoms with Gasteiger partial charge in [0.05, 0.1) is 24.8 Å². The Morgan fingerprint density at radius 3 is 1.64 bits per heavy atom. The van der Waals surface area contributed by atoms with Crippen molar-refractivity contribution in [2.75, 3.05) is 13.7 Å². The summed E-state index contributed by atoms with van der Waals surface area (Å²) < 4.78 is 118. The number of carbonyl (C=O) groups is 1. The zero-order chi connectivity index (χ0) is 43.6. The van der Waals surface area contributed by atoms with E-state index in [-0.39, 0.29) is 6.29 Å². The van der Waals surface area contributed by atoms with E-state index >= 15 is 0 Å². The molecule has 2 aliphatic heterocycles. The van der Waals surface area contributed by atoms with Gasteiger partial charge in [-0.3, -0.25) is 37.5 Å². The van der Waals surface area contributed by atoms with Crippen LogP contribution in [0.4, 0.5) is 0 Å². The number of aliphatic imine (C=N–C) groups is 1. The SMILES string of the molecule is CN[C@@H]1[C@H](O[C@H]2[C@H](O[C@H]3[C@H](O)[C@@H](O)[C@H](NC(=N)N)[C@@H](O)[C@@H]3N=C(N)N)O[C@@H](C)[C@]2(O)C=O)O[C@@H](CO)[C@H](O)[C@H]1O.O=S(=O)(O)O.O=S(=O)(O)O.O=S(=O)(O)O. The number of nitrogens with two attached hydrogens (primary N) is 3. The summed E-state index contributed by atoms with van der Waals surface area (Å²) in [4.78, 5) is 16.0. The van der Waals surface area contributed by atoms with Crippen LogP contribution in [-0.4, -0.2) is 211 Å². The van der Waals surface area contributed by atoms with Crippen LogP contribution in [0, 0.1) is 5.41 Å². The fourth-order valence-electron chi connectivity index (χ4n) is 5.13. The molecule has 3 fully saturated rings. The Morgan fingerprint density at radius 2 is 1.25 bits per heavy atom. The second-order valence-electron chi connectivity index (χ2n) is 11.3. The summed E-state index contributed by atoms with van der Waals surface area (Å²) >= 11 is 0. The molecule has 34 heteroatoms. The molecule has 326 valence electrons. The van der Waals surface area contributed by atoms with Crippen LogP contribution in [0.1, 0.15) is 6.92 Å². The molecule has 0 spiro atoms. The predicted octanol–water partition coefficient (Wildman–Crippen LogP) is -9.91. The first-order chi connectivity index (χ1) is 24.7. The highest BCUT2D eigenvalue weighted by atomic mass is 32.3. The number of guanidine groups is 2. The van der Waals surface area contributed by atoms with Gasteiger partial charge < -0.3 is 82.5 Å².